The fourth-order valence-electron chi connectivity index (χ4n) is 7.22. The largest absolute Gasteiger partial charge is 0.438 e. The van der Waals surface area contributed by atoms with Crippen molar-refractivity contribution < 1.29 is 23.5 Å². The average Bonchev–Trinajstić information content (AvgIpc) is 3.44. The van der Waals surface area contributed by atoms with Gasteiger partial charge in [-0.15, -0.1) is 0 Å². The zero-order valence-corrected chi connectivity index (χ0v) is 26.7. The van der Waals surface area contributed by atoms with Crippen molar-refractivity contribution in [3.05, 3.63) is 64.1 Å². The number of para-hydroxylation sites is 1. The summed E-state index contributed by atoms with van der Waals surface area (Å²) in [6.07, 6.45) is 6.78. The van der Waals surface area contributed by atoms with Crippen molar-refractivity contribution in [1.29, 1.82) is 0 Å². The lowest BCUT2D eigenvalue weighted by molar-refractivity contribution is -0.133. The average molecular weight is 633 g/mol. The molecule has 6 rings (SSSR count). The molecule has 246 valence electrons. The molecule has 3 aliphatic rings. The van der Waals surface area contributed by atoms with E-state index in [2.05, 4.69) is 27.6 Å². The van der Waals surface area contributed by atoms with E-state index in [-0.39, 0.29) is 18.4 Å². The molecule has 12 nitrogen and oxygen atoms in total. The molecular weight excluding hydrogens is 588 g/mol. The number of hydrogen-bond acceptors (Lipinski definition) is 7. The number of likely N-dealkylation sites (tertiary alicyclic amines) is 1. The van der Waals surface area contributed by atoms with Crippen molar-refractivity contribution in [2.24, 2.45) is 0 Å². The topological polar surface area (TPSA) is 140 Å². The zero-order chi connectivity index (χ0) is 32.3. The van der Waals surface area contributed by atoms with Gasteiger partial charge in [0.2, 0.25) is 5.91 Å². The van der Waals surface area contributed by atoms with Crippen LogP contribution < -0.4 is 16.4 Å². The van der Waals surface area contributed by atoms with Gasteiger partial charge in [0.25, 0.3) is 0 Å². The highest BCUT2D eigenvalue weighted by atomic mass is 16.6. The first kappa shape index (κ1) is 31.7. The van der Waals surface area contributed by atoms with Gasteiger partial charge in [0.15, 0.2) is 5.58 Å². The second-order valence-electron chi connectivity index (χ2n) is 12.8. The number of likely N-dealkylation sites (N-methyl/N-ethyl adjacent to an activating group) is 2. The number of benzene rings is 2. The molecule has 1 aliphatic carbocycles. The van der Waals surface area contributed by atoms with Gasteiger partial charge in [-0.2, -0.15) is 0 Å². The molecule has 0 radical (unpaired) electrons. The van der Waals surface area contributed by atoms with Crippen LogP contribution in [0.15, 0.2) is 51.7 Å². The number of oxazole rings is 1. The first-order valence-corrected chi connectivity index (χ1v) is 16.5. The lowest BCUT2D eigenvalue weighted by atomic mass is 9.82. The predicted octanol–water partition coefficient (Wildman–Crippen LogP) is 4.41. The lowest BCUT2D eigenvalue weighted by Crippen LogP contribution is -2.57. The summed E-state index contributed by atoms with van der Waals surface area (Å²) in [7, 11) is 2.13. The van der Waals surface area contributed by atoms with E-state index in [4.69, 9.17) is 9.15 Å². The Morgan fingerprint density at radius 1 is 1.07 bits per heavy atom. The summed E-state index contributed by atoms with van der Waals surface area (Å²) < 4.78 is 11.1. The number of amides is 4. The lowest BCUT2D eigenvalue weighted by Gasteiger charge is -2.44. The van der Waals surface area contributed by atoms with Gasteiger partial charge in [-0.1, -0.05) is 43.5 Å². The van der Waals surface area contributed by atoms with E-state index in [0.717, 1.165) is 23.4 Å². The summed E-state index contributed by atoms with van der Waals surface area (Å²) in [6, 6.07) is 12.3. The third kappa shape index (κ3) is 6.76. The Kier molecular flexibility index (Phi) is 9.34. The highest BCUT2D eigenvalue weighted by Gasteiger charge is 2.45. The molecule has 4 amide bonds. The number of nitrogens with zero attached hydrogens (tertiary/aromatic N) is 3. The summed E-state index contributed by atoms with van der Waals surface area (Å²) in [6.45, 7) is 4.51. The number of H-pyrrole nitrogens is 1. The van der Waals surface area contributed by atoms with E-state index in [1.807, 2.05) is 42.2 Å². The second kappa shape index (κ2) is 13.6. The molecule has 0 bridgehead atoms. The van der Waals surface area contributed by atoms with E-state index >= 15 is 0 Å². The van der Waals surface area contributed by atoms with Crippen molar-refractivity contribution in [1.82, 2.24) is 25.0 Å². The van der Waals surface area contributed by atoms with Crippen LogP contribution in [-0.2, 0) is 21.6 Å². The van der Waals surface area contributed by atoms with Crippen molar-refractivity contribution in [2.45, 2.75) is 76.0 Å². The molecule has 1 spiro atoms. The number of urea groups is 1. The molecule has 1 atom stereocenters. The second-order valence-corrected chi connectivity index (χ2v) is 12.8. The molecular formula is C34H44N6O6. The van der Waals surface area contributed by atoms with E-state index < -0.39 is 23.5 Å². The Hall–Kier alpha value is -4.32. The number of aromatic amines is 1. The number of aromatic nitrogens is 1. The molecule has 12 heteroatoms. The predicted molar refractivity (Wildman–Crippen MR) is 174 cm³/mol. The zero-order valence-electron chi connectivity index (χ0n) is 26.7. The van der Waals surface area contributed by atoms with Gasteiger partial charge < -0.3 is 29.2 Å². The summed E-state index contributed by atoms with van der Waals surface area (Å²) in [5.74, 6) is -0.699. The normalized spacial score (nSPS) is 18.6. The van der Waals surface area contributed by atoms with Gasteiger partial charge in [-0.05, 0) is 50.6 Å². The Morgan fingerprint density at radius 3 is 2.59 bits per heavy atom. The van der Waals surface area contributed by atoms with Gasteiger partial charge in [-0.3, -0.25) is 15.1 Å². The summed E-state index contributed by atoms with van der Waals surface area (Å²) in [4.78, 5) is 60.4. The van der Waals surface area contributed by atoms with Crippen molar-refractivity contribution >= 4 is 34.8 Å². The SMILES string of the molecule is CCN(CCN(C)C1CCCCC1)C(=O)C(Cc1ccc2[nH]c(=O)oc2c1)NC(=O)N1CCC2(CC1)OC(=O)Nc1ccccc12. The Balaban J connectivity index is 1.16. The van der Waals surface area contributed by atoms with E-state index in [0.29, 0.717) is 56.2 Å². The molecule has 2 aromatic carbocycles. The van der Waals surface area contributed by atoms with Crippen LogP contribution in [0, 0.1) is 0 Å². The van der Waals surface area contributed by atoms with Crippen LogP contribution in [0.3, 0.4) is 0 Å². The third-order valence-corrected chi connectivity index (χ3v) is 9.94. The first-order chi connectivity index (χ1) is 22.2. The van der Waals surface area contributed by atoms with E-state index in [1.54, 1.807) is 17.0 Å². The summed E-state index contributed by atoms with van der Waals surface area (Å²) >= 11 is 0. The number of fused-ring (bicyclic) bond motifs is 3. The number of carbonyl (C=O) groups is 3. The number of anilines is 1. The summed E-state index contributed by atoms with van der Waals surface area (Å²) in [5, 5.41) is 5.80. The highest BCUT2D eigenvalue weighted by molar-refractivity contribution is 5.89. The van der Waals surface area contributed by atoms with Crippen LogP contribution >= 0.6 is 0 Å². The third-order valence-electron chi connectivity index (χ3n) is 9.94. The highest BCUT2D eigenvalue weighted by Crippen LogP contribution is 2.43. The maximum absolute atomic E-state index is 14.1. The van der Waals surface area contributed by atoms with Crippen LogP contribution in [0.5, 0.6) is 0 Å². The van der Waals surface area contributed by atoms with Crippen molar-refractivity contribution in [2.75, 3.05) is 45.1 Å². The van der Waals surface area contributed by atoms with Gasteiger partial charge >= 0.3 is 17.9 Å². The standard InChI is InChI=1S/C34H44N6O6/c1-3-39(20-19-38(2)24-9-5-4-6-10-24)30(41)28(21-23-13-14-27-29(22-23)45-32(43)37-27)35-31(42)40-17-15-34(16-18-40)25-11-7-8-12-26(25)36-33(44)46-34/h7-8,11-14,22,24,28H,3-6,9-10,15-21H2,1-2H3,(H,35,42)(H,36,44)(H,37,43). The molecule has 1 aromatic heterocycles. The minimum absolute atomic E-state index is 0.154. The monoisotopic (exact) mass is 632 g/mol. The van der Waals surface area contributed by atoms with Crippen LogP contribution in [0.4, 0.5) is 15.3 Å². The molecule has 3 aromatic rings. The quantitative estimate of drug-likeness (QED) is 0.318. The van der Waals surface area contributed by atoms with Gasteiger partial charge in [-0.25, -0.2) is 14.4 Å². The molecule has 1 saturated carbocycles. The van der Waals surface area contributed by atoms with Gasteiger partial charge in [0.05, 0.1) is 11.2 Å². The van der Waals surface area contributed by atoms with Crippen LogP contribution in [0.25, 0.3) is 11.1 Å². The molecule has 1 unspecified atom stereocenters. The number of ether oxygens (including phenoxy) is 1. The van der Waals surface area contributed by atoms with Crippen LogP contribution in [0.2, 0.25) is 0 Å². The molecule has 1 saturated heterocycles. The number of nitrogens with one attached hydrogen (secondary N) is 3. The van der Waals surface area contributed by atoms with Crippen LogP contribution in [0.1, 0.15) is 63.0 Å². The molecule has 2 fully saturated rings. The fourth-order valence-corrected chi connectivity index (χ4v) is 7.22. The van der Waals surface area contributed by atoms with Gasteiger partial charge in [0.1, 0.15) is 11.6 Å². The van der Waals surface area contributed by atoms with E-state index in [1.165, 1.54) is 32.1 Å². The fraction of sp³-hybridized carbons (Fsp3) is 0.529. The first-order valence-electron chi connectivity index (χ1n) is 16.5. The van der Waals surface area contributed by atoms with E-state index in [9.17, 15) is 19.2 Å². The van der Waals surface area contributed by atoms with Crippen molar-refractivity contribution in [3.8, 4) is 0 Å². The molecule has 3 N–H and O–H groups in total. The Morgan fingerprint density at radius 2 is 1.83 bits per heavy atom. The Bertz CT molecular complexity index is 1620. The van der Waals surface area contributed by atoms with Crippen molar-refractivity contribution in [3.63, 3.8) is 0 Å². The van der Waals surface area contributed by atoms with Crippen LogP contribution in [-0.4, -0.2) is 89.6 Å². The maximum atomic E-state index is 14.1. The molecule has 3 heterocycles. The number of carbonyl (C=O) groups excluding carboxylic acids is 3. The van der Waals surface area contributed by atoms with Gasteiger partial charge in [0, 0.05) is 63.6 Å². The number of piperidine rings is 1. The minimum Gasteiger partial charge on any atom is -0.438 e. The molecule has 46 heavy (non-hydrogen) atoms. The number of hydrogen-bond donors (Lipinski definition) is 3. The smallest absolute Gasteiger partial charge is 0.417 e. The summed E-state index contributed by atoms with van der Waals surface area (Å²) in [5.41, 5.74) is 2.57. The molecule has 2 aliphatic heterocycles. The minimum atomic E-state index is -0.830. The maximum Gasteiger partial charge on any atom is 0.417 e. The number of rotatable bonds is 9. The Labute approximate surface area is 268 Å².